The summed E-state index contributed by atoms with van der Waals surface area (Å²) in [7, 11) is 1.62. The van der Waals surface area contributed by atoms with Gasteiger partial charge in [-0.25, -0.2) is 4.57 Å². The Kier molecular flexibility index (Phi) is 36.9. The van der Waals surface area contributed by atoms with Gasteiger partial charge in [0.2, 0.25) is 0 Å². The van der Waals surface area contributed by atoms with Gasteiger partial charge in [-0.2, -0.15) is 0 Å². The molecule has 0 aliphatic carbocycles. The van der Waals surface area contributed by atoms with Crippen molar-refractivity contribution in [2.24, 2.45) is 0 Å². The molecular formula is C46H81NO7P+. The van der Waals surface area contributed by atoms with Crippen LogP contribution in [0.3, 0.4) is 0 Å². The lowest BCUT2D eigenvalue weighted by molar-refractivity contribution is -0.870. The third kappa shape index (κ3) is 42.7. The molecule has 2 unspecified atom stereocenters. The summed E-state index contributed by atoms with van der Waals surface area (Å²) in [5.41, 5.74) is 0. The molecule has 0 saturated carbocycles. The number of hydrogen-bond acceptors (Lipinski definition) is 6. The third-order valence-electron chi connectivity index (χ3n) is 8.45. The molecule has 0 aromatic rings. The van der Waals surface area contributed by atoms with Crippen molar-refractivity contribution in [3.05, 3.63) is 85.1 Å². The van der Waals surface area contributed by atoms with Gasteiger partial charge in [0.05, 0.1) is 34.4 Å². The molecule has 0 spiro atoms. The van der Waals surface area contributed by atoms with Crippen molar-refractivity contribution < 1.29 is 37.3 Å². The Balaban J connectivity index is 4.34. The van der Waals surface area contributed by atoms with Crippen molar-refractivity contribution in [2.45, 2.75) is 148 Å². The average Bonchev–Trinajstić information content (AvgIpc) is 3.13. The van der Waals surface area contributed by atoms with E-state index in [9.17, 15) is 14.3 Å². The van der Waals surface area contributed by atoms with Crippen LogP contribution in [0, 0.1) is 0 Å². The Morgan fingerprint density at radius 3 is 1.49 bits per heavy atom. The van der Waals surface area contributed by atoms with Crippen molar-refractivity contribution in [2.75, 3.05) is 54.1 Å². The predicted molar refractivity (Wildman–Crippen MR) is 233 cm³/mol. The van der Waals surface area contributed by atoms with E-state index in [2.05, 4.69) is 98.9 Å². The SMILES string of the molecule is CC/C=C\C/C=C\C/C=C\C/C=C\CCCCCCCOCC(COP(=O)(O)OCC[N+](C)(C)C)OC(=O)CCCCCCC/C=C\C/C=C\C/C=C\CC. The van der Waals surface area contributed by atoms with Crippen molar-refractivity contribution in [1.82, 2.24) is 0 Å². The normalized spacial score (nSPS) is 14.7. The minimum absolute atomic E-state index is 0.0759. The van der Waals surface area contributed by atoms with Crippen LogP contribution >= 0.6 is 7.82 Å². The fourth-order valence-electron chi connectivity index (χ4n) is 5.20. The van der Waals surface area contributed by atoms with E-state index in [1.165, 1.54) is 12.8 Å². The molecular weight excluding hydrogens is 709 g/mol. The van der Waals surface area contributed by atoms with E-state index in [0.717, 1.165) is 109 Å². The topological polar surface area (TPSA) is 91.3 Å². The molecule has 0 aromatic heterocycles. The fourth-order valence-corrected chi connectivity index (χ4v) is 5.94. The first-order valence-corrected chi connectivity index (χ1v) is 22.8. The van der Waals surface area contributed by atoms with Gasteiger partial charge in [-0.15, -0.1) is 0 Å². The van der Waals surface area contributed by atoms with Gasteiger partial charge in [0.15, 0.2) is 0 Å². The second-order valence-corrected chi connectivity index (χ2v) is 16.4. The van der Waals surface area contributed by atoms with Gasteiger partial charge in [-0.1, -0.05) is 137 Å². The maximum absolute atomic E-state index is 12.7. The Morgan fingerprint density at radius 2 is 1.00 bits per heavy atom. The lowest BCUT2D eigenvalue weighted by Gasteiger charge is -2.24. The number of allylic oxidation sites excluding steroid dienone is 14. The smallest absolute Gasteiger partial charge is 0.457 e. The molecule has 0 radical (unpaired) electrons. The molecule has 0 saturated heterocycles. The van der Waals surface area contributed by atoms with Crippen LogP contribution < -0.4 is 0 Å². The zero-order valence-electron chi connectivity index (χ0n) is 35.6. The molecule has 0 amide bonds. The number of rotatable bonds is 38. The molecule has 0 aliphatic heterocycles. The number of carbonyl (C=O) groups is 1. The van der Waals surface area contributed by atoms with Gasteiger partial charge in [-0.3, -0.25) is 13.8 Å². The summed E-state index contributed by atoms with van der Waals surface area (Å²) in [6.45, 7) is 5.30. The number of ether oxygens (including phenoxy) is 2. The van der Waals surface area contributed by atoms with Crippen LogP contribution in [0.25, 0.3) is 0 Å². The molecule has 2 atom stereocenters. The minimum Gasteiger partial charge on any atom is -0.457 e. The van der Waals surface area contributed by atoms with E-state index in [1.807, 2.05) is 21.1 Å². The van der Waals surface area contributed by atoms with E-state index in [0.29, 0.717) is 24.1 Å². The highest BCUT2D eigenvalue weighted by molar-refractivity contribution is 7.47. The van der Waals surface area contributed by atoms with Gasteiger partial charge in [0.1, 0.15) is 19.3 Å². The van der Waals surface area contributed by atoms with Gasteiger partial charge in [0, 0.05) is 13.0 Å². The summed E-state index contributed by atoms with van der Waals surface area (Å²) in [5, 5.41) is 0. The van der Waals surface area contributed by atoms with Gasteiger partial charge in [0.25, 0.3) is 0 Å². The van der Waals surface area contributed by atoms with Crippen molar-refractivity contribution in [3.63, 3.8) is 0 Å². The summed E-state index contributed by atoms with van der Waals surface area (Å²) >= 11 is 0. The molecule has 0 fully saturated rings. The average molecular weight is 791 g/mol. The Hall–Kier alpha value is -2.32. The van der Waals surface area contributed by atoms with E-state index in [4.69, 9.17) is 18.5 Å². The lowest BCUT2D eigenvalue weighted by Crippen LogP contribution is -2.37. The Morgan fingerprint density at radius 1 is 0.564 bits per heavy atom. The fraction of sp³-hybridized carbons (Fsp3) is 0.674. The van der Waals surface area contributed by atoms with E-state index >= 15 is 0 Å². The summed E-state index contributed by atoms with van der Waals surface area (Å²) in [6, 6.07) is 0. The molecule has 0 heterocycles. The summed E-state index contributed by atoms with van der Waals surface area (Å²) < 4.78 is 34.9. The Bertz CT molecular complexity index is 1150. The van der Waals surface area contributed by atoms with Crippen LogP contribution in [0.15, 0.2) is 85.1 Å². The Labute approximate surface area is 337 Å². The largest absolute Gasteiger partial charge is 0.472 e. The first kappa shape index (κ1) is 52.7. The summed E-state index contributed by atoms with van der Waals surface area (Å²) in [5.74, 6) is -0.342. The number of likely N-dealkylation sites (N-methyl/N-ethyl adjacent to an activating group) is 1. The van der Waals surface area contributed by atoms with Gasteiger partial charge >= 0.3 is 13.8 Å². The van der Waals surface area contributed by atoms with Crippen molar-refractivity contribution >= 4 is 13.8 Å². The third-order valence-corrected chi connectivity index (χ3v) is 9.44. The number of esters is 1. The second kappa shape index (κ2) is 38.5. The quantitative estimate of drug-likeness (QED) is 0.0219. The number of unbranched alkanes of at least 4 members (excludes halogenated alkanes) is 10. The van der Waals surface area contributed by atoms with Crippen LogP contribution in [0.2, 0.25) is 0 Å². The number of phosphoric acid groups is 1. The molecule has 55 heavy (non-hydrogen) atoms. The maximum Gasteiger partial charge on any atom is 0.472 e. The number of hydrogen-bond donors (Lipinski definition) is 1. The highest BCUT2D eigenvalue weighted by Gasteiger charge is 2.26. The molecule has 0 bridgehead atoms. The van der Waals surface area contributed by atoms with E-state index in [-0.39, 0.29) is 25.8 Å². The minimum atomic E-state index is -4.29. The highest BCUT2D eigenvalue weighted by atomic mass is 31.2. The summed E-state index contributed by atoms with van der Waals surface area (Å²) in [4.78, 5) is 22.9. The number of carbonyl (C=O) groups excluding carboxylic acids is 1. The monoisotopic (exact) mass is 791 g/mol. The number of quaternary nitrogens is 1. The molecule has 0 rings (SSSR count). The van der Waals surface area contributed by atoms with Gasteiger partial charge in [-0.05, 0) is 83.5 Å². The number of nitrogens with zero attached hydrogens (tertiary/aromatic N) is 1. The second-order valence-electron chi connectivity index (χ2n) is 15.0. The van der Waals surface area contributed by atoms with Gasteiger partial charge < -0.3 is 18.9 Å². The first-order valence-electron chi connectivity index (χ1n) is 21.3. The molecule has 0 aromatic carbocycles. The first-order chi connectivity index (χ1) is 26.6. The maximum atomic E-state index is 12.7. The van der Waals surface area contributed by atoms with Crippen LogP contribution in [0.5, 0.6) is 0 Å². The van der Waals surface area contributed by atoms with Crippen LogP contribution in [0.1, 0.15) is 142 Å². The summed E-state index contributed by atoms with van der Waals surface area (Å²) in [6.07, 6.45) is 50.4. The number of phosphoric ester groups is 1. The van der Waals surface area contributed by atoms with E-state index in [1.54, 1.807) is 0 Å². The van der Waals surface area contributed by atoms with Crippen molar-refractivity contribution in [1.29, 1.82) is 0 Å². The van der Waals surface area contributed by atoms with Crippen LogP contribution in [0.4, 0.5) is 0 Å². The molecule has 9 heteroatoms. The molecule has 8 nitrogen and oxygen atoms in total. The zero-order chi connectivity index (χ0) is 40.6. The van der Waals surface area contributed by atoms with E-state index < -0.39 is 13.9 Å². The van der Waals surface area contributed by atoms with Crippen molar-refractivity contribution in [3.8, 4) is 0 Å². The van der Waals surface area contributed by atoms with Crippen LogP contribution in [-0.4, -0.2) is 75.6 Å². The predicted octanol–water partition coefficient (Wildman–Crippen LogP) is 12.5. The molecule has 0 aliphatic rings. The zero-order valence-corrected chi connectivity index (χ0v) is 36.5. The molecule has 1 N–H and O–H groups in total. The standard InChI is InChI=1S/C46H80NO7P/c1-6-8-10-12-14-16-18-20-22-23-24-26-28-30-32-34-36-38-41-51-43-45(44-53-55(49,50)52-42-40-47(3,4)5)54-46(48)39-37-35-33-31-29-27-25-21-19-17-15-13-11-9-7-2/h8-11,14-17,20-22,24-26,45H,6-7,12-13,18-19,23,27-44H2,1-5H3/p+1/b10-8-,11-9-,16-14-,17-15-,22-20-,25-21-,26-24-. The molecule has 316 valence electrons. The van der Waals surface area contributed by atoms with Crippen LogP contribution in [-0.2, 0) is 27.9 Å². The lowest BCUT2D eigenvalue weighted by atomic mass is 10.1. The highest BCUT2D eigenvalue weighted by Crippen LogP contribution is 2.43.